The number of carbonyl (C=O) groups is 1. The minimum absolute atomic E-state index is 0.0244. The largest absolute Gasteiger partial charge is 0.444 e. The first-order valence-corrected chi connectivity index (χ1v) is 5.11. The molecule has 0 aliphatic carbocycles. The van der Waals surface area contributed by atoms with Gasteiger partial charge in [0.25, 0.3) is 0 Å². The maximum absolute atomic E-state index is 11.7. The highest BCUT2D eigenvalue weighted by molar-refractivity contribution is 5.68. The second-order valence-corrected chi connectivity index (χ2v) is 4.91. The maximum atomic E-state index is 11.7. The Hall–Kier alpha value is -0.770. The summed E-state index contributed by atoms with van der Waals surface area (Å²) in [5.41, 5.74) is -0.419. The Bertz CT molecular complexity index is 237. The number of fused-ring (bicyclic) bond motifs is 2. The van der Waals surface area contributed by atoms with E-state index in [0.717, 1.165) is 19.4 Å². The summed E-state index contributed by atoms with van der Waals surface area (Å²) in [7, 11) is 0. The lowest BCUT2D eigenvalue weighted by molar-refractivity contribution is -0.223. The van der Waals surface area contributed by atoms with Crippen molar-refractivity contribution < 1.29 is 14.3 Å². The van der Waals surface area contributed by atoms with Crippen LogP contribution in [0.15, 0.2) is 0 Å². The van der Waals surface area contributed by atoms with Gasteiger partial charge in [0.1, 0.15) is 11.8 Å². The topological polar surface area (TPSA) is 38.8 Å². The van der Waals surface area contributed by atoms with E-state index in [2.05, 4.69) is 0 Å². The van der Waals surface area contributed by atoms with Gasteiger partial charge in [0, 0.05) is 13.0 Å². The molecule has 3 aliphatic heterocycles. The molecule has 0 aromatic carbocycles. The van der Waals surface area contributed by atoms with Gasteiger partial charge in [0.05, 0.1) is 6.10 Å². The van der Waals surface area contributed by atoms with Crippen LogP contribution in [-0.4, -0.2) is 35.5 Å². The molecule has 0 N–H and O–H groups in total. The lowest BCUT2D eigenvalue weighted by Crippen LogP contribution is -2.59. The number of amides is 1. The molecule has 3 heterocycles. The predicted molar refractivity (Wildman–Crippen MR) is 50.8 cm³/mol. The second-order valence-electron chi connectivity index (χ2n) is 4.91. The molecule has 4 heteroatoms. The number of nitrogens with zero attached hydrogens (tertiary/aromatic N) is 1. The van der Waals surface area contributed by atoms with Gasteiger partial charge < -0.3 is 9.47 Å². The fraction of sp³-hybridized carbons (Fsp3) is 0.900. The quantitative estimate of drug-likeness (QED) is 0.596. The van der Waals surface area contributed by atoms with E-state index in [0.29, 0.717) is 6.10 Å². The van der Waals surface area contributed by atoms with Crippen molar-refractivity contribution in [1.82, 2.24) is 4.90 Å². The van der Waals surface area contributed by atoms with E-state index >= 15 is 0 Å². The number of piperidine rings is 1. The average Bonchev–Trinajstić information content (AvgIpc) is 1.99. The van der Waals surface area contributed by atoms with Crippen molar-refractivity contribution in [3.63, 3.8) is 0 Å². The second kappa shape index (κ2) is 3.12. The molecule has 0 saturated carbocycles. The van der Waals surface area contributed by atoms with Gasteiger partial charge in [-0.2, -0.15) is 0 Å². The van der Waals surface area contributed by atoms with Crippen LogP contribution in [0, 0.1) is 0 Å². The van der Waals surface area contributed by atoms with E-state index in [1.165, 1.54) is 0 Å². The van der Waals surface area contributed by atoms with Gasteiger partial charge in [-0.05, 0) is 27.2 Å². The molecular formula is C10H17NO3. The Morgan fingerprint density at radius 1 is 1.50 bits per heavy atom. The Morgan fingerprint density at radius 2 is 2.14 bits per heavy atom. The molecule has 4 nitrogen and oxygen atoms in total. The molecule has 0 radical (unpaired) electrons. The first kappa shape index (κ1) is 9.77. The first-order valence-electron chi connectivity index (χ1n) is 5.11. The van der Waals surface area contributed by atoms with Crippen molar-refractivity contribution in [2.75, 3.05) is 6.54 Å². The molecule has 2 atom stereocenters. The third kappa shape index (κ3) is 1.85. The molecule has 1 unspecified atom stereocenters. The summed E-state index contributed by atoms with van der Waals surface area (Å²) in [6.07, 6.45) is 2.03. The summed E-state index contributed by atoms with van der Waals surface area (Å²) >= 11 is 0. The number of carbonyl (C=O) groups excluding carboxylic acids is 1. The van der Waals surface area contributed by atoms with Gasteiger partial charge in [0.2, 0.25) is 0 Å². The molecule has 0 spiro atoms. The highest BCUT2D eigenvalue weighted by atomic mass is 16.6. The molecule has 80 valence electrons. The van der Waals surface area contributed by atoms with Crippen LogP contribution in [0.4, 0.5) is 4.79 Å². The number of rotatable bonds is 0. The van der Waals surface area contributed by atoms with Gasteiger partial charge in [-0.25, -0.2) is 4.79 Å². The van der Waals surface area contributed by atoms with E-state index < -0.39 is 5.60 Å². The minimum Gasteiger partial charge on any atom is -0.444 e. The van der Waals surface area contributed by atoms with Gasteiger partial charge >= 0.3 is 6.09 Å². The van der Waals surface area contributed by atoms with E-state index in [4.69, 9.17) is 9.47 Å². The van der Waals surface area contributed by atoms with Crippen LogP contribution in [0.1, 0.15) is 33.6 Å². The van der Waals surface area contributed by atoms with Crippen LogP contribution >= 0.6 is 0 Å². The minimum atomic E-state index is -0.419. The maximum Gasteiger partial charge on any atom is 0.412 e. The molecular weight excluding hydrogens is 182 g/mol. The molecule has 0 aromatic rings. The van der Waals surface area contributed by atoms with Gasteiger partial charge in [0.15, 0.2) is 0 Å². The van der Waals surface area contributed by atoms with Gasteiger partial charge in [-0.1, -0.05) is 0 Å². The summed E-state index contributed by atoms with van der Waals surface area (Å²) in [6, 6.07) is 0. The third-order valence-corrected chi connectivity index (χ3v) is 2.48. The van der Waals surface area contributed by atoms with Crippen molar-refractivity contribution in [2.24, 2.45) is 0 Å². The van der Waals surface area contributed by atoms with Crippen molar-refractivity contribution in [3.8, 4) is 0 Å². The summed E-state index contributed by atoms with van der Waals surface area (Å²) in [4.78, 5) is 13.4. The zero-order valence-electron chi connectivity index (χ0n) is 8.95. The van der Waals surface area contributed by atoms with Crippen molar-refractivity contribution >= 4 is 6.09 Å². The van der Waals surface area contributed by atoms with Crippen molar-refractivity contribution in [2.45, 2.75) is 51.5 Å². The number of hydrogen-bond donors (Lipinski definition) is 0. The summed E-state index contributed by atoms with van der Waals surface area (Å²) < 4.78 is 10.7. The Labute approximate surface area is 84.2 Å². The van der Waals surface area contributed by atoms with Gasteiger partial charge in [-0.15, -0.1) is 0 Å². The molecule has 3 saturated heterocycles. The molecule has 3 rings (SSSR count). The monoisotopic (exact) mass is 199 g/mol. The fourth-order valence-electron chi connectivity index (χ4n) is 1.78. The molecule has 3 aliphatic rings. The fourth-order valence-corrected chi connectivity index (χ4v) is 1.78. The molecule has 0 aromatic heterocycles. The van der Waals surface area contributed by atoms with Crippen LogP contribution in [0.5, 0.6) is 0 Å². The molecule has 1 amide bonds. The van der Waals surface area contributed by atoms with E-state index in [9.17, 15) is 4.79 Å². The average molecular weight is 199 g/mol. The summed E-state index contributed by atoms with van der Waals surface area (Å²) in [5.74, 6) is 0. The van der Waals surface area contributed by atoms with Crippen molar-refractivity contribution in [1.29, 1.82) is 0 Å². The van der Waals surface area contributed by atoms with Crippen molar-refractivity contribution in [3.05, 3.63) is 0 Å². The summed E-state index contributed by atoms with van der Waals surface area (Å²) in [5, 5.41) is 0. The Morgan fingerprint density at radius 3 is 2.57 bits per heavy atom. The standard InChI is InChI=1S/C10H17NO3/c1-10(2,3)14-9(12)11-5-4-7-6-8(11)13-7/h7-8H,4-6H2,1-3H3/t7-,8?/m1/s1. The SMILES string of the molecule is CC(C)(C)OC(=O)N1CC[C@@H]2CC1O2. The highest BCUT2D eigenvalue weighted by Gasteiger charge is 2.43. The van der Waals surface area contributed by atoms with Crippen LogP contribution in [0.3, 0.4) is 0 Å². The Kier molecular flexibility index (Phi) is 2.18. The first-order chi connectivity index (χ1) is 6.46. The lowest BCUT2D eigenvalue weighted by Gasteiger charge is -2.48. The van der Waals surface area contributed by atoms with Gasteiger partial charge in [-0.3, -0.25) is 4.90 Å². The number of hydrogen-bond acceptors (Lipinski definition) is 3. The highest BCUT2D eigenvalue weighted by Crippen LogP contribution is 2.32. The summed E-state index contributed by atoms with van der Waals surface area (Å²) in [6.45, 7) is 6.39. The zero-order chi connectivity index (χ0) is 10.3. The smallest absolute Gasteiger partial charge is 0.412 e. The molecule has 2 bridgehead atoms. The number of ether oxygens (including phenoxy) is 2. The Balaban J connectivity index is 1.91. The van der Waals surface area contributed by atoms with Crippen LogP contribution in [-0.2, 0) is 9.47 Å². The van der Waals surface area contributed by atoms with E-state index in [-0.39, 0.29) is 12.3 Å². The lowest BCUT2D eigenvalue weighted by atomic mass is 10.0. The van der Waals surface area contributed by atoms with Crippen LogP contribution < -0.4 is 0 Å². The predicted octanol–water partition coefficient (Wildman–Crippen LogP) is 1.74. The van der Waals surface area contributed by atoms with Crippen LogP contribution in [0.2, 0.25) is 0 Å². The van der Waals surface area contributed by atoms with Crippen LogP contribution in [0.25, 0.3) is 0 Å². The third-order valence-electron chi connectivity index (χ3n) is 2.48. The zero-order valence-corrected chi connectivity index (χ0v) is 8.95. The molecule has 14 heavy (non-hydrogen) atoms. The normalized spacial score (nSPS) is 30.9. The van der Waals surface area contributed by atoms with E-state index in [1.54, 1.807) is 4.90 Å². The van der Waals surface area contributed by atoms with E-state index in [1.807, 2.05) is 20.8 Å². The molecule has 3 fully saturated rings.